The molecule has 3 aliphatic rings. The number of piperidine rings is 1. The SMILES string of the molecule is O=C(N1CCCC(CN2CCOCC2)C1)C1(c2cccc(F)c2)CC1. The summed E-state index contributed by atoms with van der Waals surface area (Å²) in [6.45, 7) is 6.37. The van der Waals surface area contributed by atoms with Crippen LogP contribution in [-0.4, -0.2) is 61.6 Å². The number of ether oxygens (including phenoxy) is 1. The van der Waals surface area contributed by atoms with E-state index in [-0.39, 0.29) is 11.7 Å². The molecule has 2 heterocycles. The Hall–Kier alpha value is -1.46. The van der Waals surface area contributed by atoms with Gasteiger partial charge in [0.25, 0.3) is 0 Å². The molecule has 1 aromatic rings. The Morgan fingerprint density at radius 2 is 2.04 bits per heavy atom. The number of rotatable bonds is 4. The van der Waals surface area contributed by atoms with Crippen molar-refractivity contribution in [2.75, 3.05) is 45.9 Å². The van der Waals surface area contributed by atoms with E-state index in [4.69, 9.17) is 4.74 Å². The van der Waals surface area contributed by atoms with Gasteiger partial charge in [0.1, 0.15) is 5.82 Å². The zero-order chi connectivity index (χ0) is 17.3. The van der Waals surface area contributed by atoms with Gasteiger partial charge in [0.05, 0.1) is 18.6 Å². The van der Waals surface area contributed by atoms with Gasteiger partial charge in [0.15, 0.2) is 0 Å². The Morgan fingerprint density at radius 3 is 2.76 bits per heavy atom. The first-order valence-electron chi connectivity index (χ1n) is 9.53. The summed E-state index contributed by atoms with van der Waals surface area (Å²) in [6.07, 6.45) is 3.95. The zero-order valence-corrected chi connectivity index (χ0v) is 14.8. The number of amides is 1. The fourth-order valence-corrected chi connectivity index (χ4v) is 4.39. The molecule has 4 rings (SSSR count). The molecule has 136 valence electrons. The van der Waals surface area contributed by atoms with Crippen LogP contribution in [-0.2, 0) is 14.9 Å². The molecule has 1 aromatic carbocycles. The molecule has 0 aromatic heterocycles. The third-order valence-electron chi connectivity index (χ3n) is 5.96. The van der Waals surface area contributed by atoms with E-state index in [1.165, 1.54) is 12.5 Å². The molecule has 5 heteroatoms. The van der Waals surface area contributed by atoms with Gasteiger partial charge in [-0.2, -0.15) is 0 Å². The number of hydrogen-bond acceptors (Lipinski definition) is 3. The average Bonchev–Trinajstić information content (AvgIpc) is 3.44. The Labute approximate surface area is 148 Å². The van der Waals surface area contributed by atoms with Crippen LogP contribution in [0.25, 0.3) is 0 Å². The van der Waals surface area contributed by atoms with E-state index < -0.39 is 5.41 Å². The molecule has 3 fully saturated rings. The normalized spacial score (nSPS) is 26.4. The molecule has 4 nitrogen and oxygen atoms in total. The highest BCUT2D eigenvalue weighted by molar-refractivity contribution is 5.91. The summed E-state index contributed by atoms with van der Waals surface area (Å²) in [5.41, 5.74) is 0.399. The Morgan fingerprint density at radius 1 is 1.24 bits per heavy atom. The summed E-state index contributed by atoms with van der Waals surface area (Å²) in [6, 6.07) is 6.61. The summed E-state index contributed by atoms with van der Waals surface area (Å²) >= 11 is 0. The van der Waals surface area contributed by atoms with Crippen molar-refractivity contribution >= 4 is 5.91 Å². The first-order valence-corrected chi connectivity index (χ1v) is 9.53. The predicted octanol–water partition coefficient (Wildman–Crippen LogP) is 2.43. The van der Waals surface area contributed by atoms with Crippen LogP contribution in [0.1, 0.15) is 31.2 Å². The third kappa shape index (κ3) is 3.58. The summed E-state index contributed by atoms with van der Waals surface area (Å²) in [7, 11) is 0. The van der Waals surface area contributed by atoms with Crippen LogP contribution in [0.2, 0.25) is 0 Å². The van der Waals surface area contributed by atoms with E-state index in [0.29, 0.717) is 5.92 Å². The number of likely N-dealkylation sites (tertiary alicyclic amines) is 1. The number of halogens is 1. The van der Waals surface area contributed by atoms with Crippen molar-refractivity contribution in [3.05, 3.63) is 35.6 Å². The third-order valence-corrected chi connectivity index (χ3v) is 5.96. The Bertz CT molecular complexity index is 626. The van der Waals surface area contributed by atoms with Crippen molar-refractivity contribution in [1.29, 1.82) is 0 Å². The lowest BCUT2D eigenvalue weighted by Crippen LogP contribution is -2.48. The lowest BCUT2D eigenvalue weighted by atomic mass is 9.91. The quantitative estimate of drug-likeness (QED) is 0.839. The smallest absolute Gasteiger partial charge is 0.233 e. The highest BCUT2D eigenvalue weighted by Crippen LogP contribution is 2.50. The first-order chi connectivity index (χ1) is 12.2. The number of morpholine rings is 1. The Balaban J connectivity index is 1.41. The van der Waals surface area contributed by atoms with Crippen LogP contribution in [0, 0.1) is 11.7 Å². The predicted molar refractivity (Wildman–Crippen MR) is 93.9 cm³/mol. The highest BCUT2D eigenvalue weighted by Gasteiger charge is 2.53. The summed E-state index contributed by atoms with van der Waals surface area (Å²) in [4.78, 5) is 17.7. The maximum atomic E-state index is 13.6. The maximum Gasteiger partial charge on any atom is 0.233 e. The summed E-state index contributed by atoms with van der Waals surface area (Å²) < 4.78 is 19.0. The molecule has 0 bridgehead atoms. The van der Waals surface area contributed by atoms with Gasteiger partial charge in [-0.05, 0) is 49.3 Å². The molecular formula is C20H27FN2O2. The topological polar surface area (TPSA) is 32.8 Å². The summed E-state index contributed by atoms with van der Waals surface area (Å²) in [5.74, 6) is 0.504. The van der Waals surface area contributed by atoms with Crippen LogP contribution < -0.4 is 0 Å². The van der Waals surface area contributed by atoms with Crippen molar-refractivity contribution in [1.82, 2.24) is 9.80 Å². The van der Waals surface area contributed by atoms with Gasteiger partial charge < -0.3 is 9.64 Å². The molecule has 0 N–H and O–H groups in total. The number of nitrogens with zero attached hydrogens (tertiary/aromatic N) is 2. The van der Waals surface area contributed by atoms with Crippen molar-refractivity contribution in [2.24, 2.45) is 5.92 Å². The molecule has 0 radical (unpaired) electrons. The van der Waals surface area contributed by atoms with Gasteiger partial charge in [0.2, 0.25) is 5.91 Å². The molecule has 1 unspecified atom stereocenters. The maximum absolute atomic E-state index is 13.6. The summed E-state index contributed by atoms with van der Waals surface area (Å²) in [5, 5.41) is 0. The standard InChI is InChI=1S/C20H27FN2O2/c21-18-5-1-4-17(13-18)20(6-7-20)19(24)23-8-2-3-16(15-23)14-22-9-11-25-12-10-22/h1,4-5,13,16H,2-3,6-12,14-15H2. The zero-order valence-electron chi connectivity index (χ0n) is 14.8. The van der Waals surface area contributed by atoms with Gasteiger partial charge in [0, 0.05) is 32.7 Å². The van der Waals surface area contributed by atoms with Gasteiger partial charge in [-0.15, -0.1) is 0 Å². The highest BCUT2D eigenvalue weighted by atomic mass is 19.1. The lowest BCUT2D eigenvalue weighted by molar-refractivity contribution is -0.136. The second-order valence-corrected chi connectivity index (χ2v) is 7.76. The molecule has 2 saturated heterocycles. The van der Waals surface area contributed by atoms with Gasteiger partial charge in [-0.3, -0.25) is 9.69 Å². The van der Waals surface area contributed by atoms with E-state index in [0.717, 1.165) is 70.8 Å². The minimum atomic E-state index is -0.455. The fourth-order valence-electron chi connectivity index (χ4n) is 4.39. The number of hydrogen-bond donors (Lipinski definition) is 0. The van der Waals surface area contributed by atoms with Crippen LogP contribution in [0.3, 0.4) is 0 Å². The van der Waals surface area contributed by atoms with Gasteiger partial charge in [-0.25, -0.2) is 4.39 Å². The first kappa shape index (κ1) is 17.0. The second kappa shape index (κ2) is 7.04. The van der Waals surface area contributed by atoms with Crippen LogP contribution in [0.15, 0.2) is 24.3 Å². The van der Waals surface area contributed by atoms with Crippen molar-refractivity contribution in [2.45, 2.75) is 31.1 Å². The number of carbonyl (C=O) groups excluding carboxylic acids is 1. The van der Waals surface area contributed by atoms with Crippen LogP contribution in [0.5, 0.6) is 0 Å². The average molecular weight is 346 g/mol. The van der Waals surface area contributed by atoms with Gasteiger partial charge in [-0.1, -0.05) is 12.1 Å². The minimum absolute atomic E-state index is 0.213. The van der Waals surface area contributed by atoms with E-state index in [1.807, 2.05) is 11.0 Å². The van der Waals surface area contributed by atoms with Crippen molar-refractivity contribution in [3.8, 4) is 0 Å². The number of carbonyl (C=O) groups is 1. The molecule has 25 heavy (non-hydrogen) atoms. The van der Waals surface area contributed by atoms with E-state index >= 15 is 0 Å². The Kier molecular flexibility index (Phi) is 4.78. The molecule has 1 atom stereocenters. The largest absolute Gasteiger partial charge is 0.379 e. The molecule has 0 spiro atoms. The van der Waals surface area contributed by atoms with E-state index in [9.17, 15) is 9.18 Å². The molecule has 2 aliphatic heterocycles. The van der Waals surface area contributed by atoms with E-state index in [2.05, 4.69) is 4.90 Å². The molecule has 1 aliphatic carbocycles. The van der Waals surface area contributed by atoms with Gasteiger partial charge >= 0.3 is 0 Å². The van der Waals surface area contributed by atoms with E-state index in [1.54, 1.807) is 12.1 Å². The monoisotopic (exact) mass is 346 g/mol. The molecule has 1 amide bonds. The van der Waals surface area contributed by atoms with Crippen molar-refractivity contribution in [3.63, 3.8) is 0 Å². The lowest BCUT2D eigenvalue weighted by Gasteiger charge is -2.38. The van der Waals surface area contributed by atoms with Crippen molar-refractivity contribution < 1.29 is 13.9 Å². The number of benzene rings is 1. The molecular weight excluding hydrogens is 319 g/mol. The van der Waals surface area contributed by atoms with Crippen LogP contribution in [0.4, 0.5) is 4.39 Å². The second-order valence-electron chi connectivity index (χ2n) is 7.76. The minimum Gasteiger partial charge on any atom is -0.379 e. The molecule has 1 saturated carbocycles. The van der Waals surface area contributed by atoms with Crippen LogP contribution >= 0.6 is 0 Å². The fraction of sp³-hybridized carbons (Fsp3) is 0.650.